The fourth-order valence-electron chi connectivity index (χ4n) is 4.26. The first-order valence-corrected chi connectivity index (χ1v) is 15.6. The van der Waals surface area contributed by atoms with Crippen molar-refractivity contribution in [3.8, 4) is 5.75 Å². The van der Waals surface area contributed by atoms with E-state index in [1.54, 1.807) is 18.2 Å². The van der Waals surface area contributed by atoms with Crippen molar-refractivity contribution in [3.63, 3.8) is 0 Å². The first-order chi connectivity index (χ1) is 18.9. The number of hydrogen-bond acceptors (Lipinski definition) is 5. The highest BCUT2D eigenvalue weighted by atomic mass is 35.5. The van der Waals surface area contributed by atoms with Crippen LogP contribution in [0, 0.1) is 5.92 Å². The summed E-state index contributed by atoms with van der Waals surface area (Å²) < 4.78 is 106. The van der Waals surface area contributed by atoms with Crippen molar-refractivity contribution >= 4 is 38.7 Å². The quantitative estimate of drug-likeness (QED) is 0.119. The summed E-state index contributed by atoms with van der Waals surface area (Å²) in [6, 6.07) is 9.59. The van der Waals surface area contributed by atoms with Gasteiger partial charge in [-0.1, -0.05) is 32.0 Å². The van der Waals surface area contributed by atoms with Crippen LogP contribution in [0.15, 0.2) is 52.7 Å². The van der Waals surface area contributed by atoms with Crippen molar-refractivity contribution in [2.75, 3.05) is 6.26 Å². The summed E-state index contributed by atoms with van der Waals surface area (Å²) >= 11 is 6.59. The van der Waals surface area contributed by atoms with Gasteiger partial charge in [0.15, 0.2) is 9.84 Å². The number of fused-ring (bicyclic) bond motifs is 1. The molecule has 42 heavy (non-hydrogen) atoms. The molecule has 2 aromatic carbocycles. The Morgan fingerprint density at radius 2 is 1.60 bits per heavy atom. The maximum absolute atomic E-state index is 13.2. The van der Waals surface area contributed by atoms with Crippen molar-refractivity contribution in [2.45, 2.75) is 69.4 Å². The Morgan fingerprint density at radius 1 is 0.952 bits per heavy atom. The lowest BCUT2D eigenvalue weighted by Gasteiger charge is -2.16. The normalized spacial score (nSPS) is 15.4. The molecule has 232 valence electrons. The number of halogens is 7. The van der Waals surface area contributed by atoms with Crippen LogP contribution < -0.4 is 4.74 Å². The zero-order valence-corrected chi connectivity index (χ0v) is 24.4. The van der Waals surface area contributed by atoms with Gasteiger partial charge >= 0.3 is 18.3 Å². The average Bonchev–Trinajstić information content (AvgIpc) is 3.23. The second-order valence-electron chi connectivity index (χ2n) is 9.79. The van der Waals surface area contributed by atoms with Gasteiger partial charge in [0.1, 0.15) is 9.96 Å². The maximum Gasteiger partial charge on any atom is 0.416 e. The molecule has 1 aliphatic rings. The van der Waals surface area contributed by atoms with E-state index in [-0.39, 0.29) is 7.43 Å². The summed E-state index contributed by atoms with van der Waals surface area (Å²) in [5.74, 6) is 0.0829. The smallest absolute Gasteiger partial charge is 0.416 e. The van der Waals surface area contributed by atoms with Crippen molar-refractivity contribution in [3.05, 3.63) is 80.7 Å². The molecule has 1 unspecified atom stereocenters. The van der Waals surface area contributed by atoms with E-state index in [0.29, 0.717) is 38.4 Å². The Kier molecular flexibility index (Phi) is 12.1. The Morgan fingerprint density at radius 3 is 2.12 bits per heavy atom. The van der Waals surface area contributed by atoms with Crippen molar-refractivity contribution in [2.24, 2.45) is 5.92 Å². The molecule has 0 N–H and O–H groups in total. The molecule has 1 heterocycles. The summed E-state index contributed by atoms with van der Waals surface area (Å²) in [6.07, 6.45) is -5.56. The third-order valence-electron chi connectivity index (χ3n) is 6.47. The topological polar surface area (TPSA) is 60.4 Å². The predicted molar refractivity (Wildman–Crippen MR) is 152 cm³/mol. The van der Waals surface area contributed by atoms with Crippen LogP contribution in [0.4, 0.5) is 26.3 Å². The van der Waals surface area contributed by atoms with Gasteiger partial charge in [0.25, 0.3) is 0 Å². The SMILES string of the molecule is C.CC1CCc2ccc(OC(=O)CCc3cc(C(F)(F)F)ccc3C(F)(F)F)cc2CC1.CS(=O)(=O)c1ccc(Cl)s1. The Hall–Kier alpha value is -2.57. The molecule has 0 aliphatic heterocycles. The zero-order chi connectivity index (χ0) is 30.6. The first kappa shape index (κ1) is 35.6. The summed E-state index contributed by atoms with van der Waals surface area (Å²) in [7, 11) is -3.05. The largest absolute Gasteiger partial charge is 0.427 e. The van der Waals surface area contributed by atoms with Crippen LogP contribution in [0.5, 0.6) is 5.75 Å². The van der Waals surface area contributed by atoms with Gasteiger partial charge in [-0.25, -0.2) is 8.42 Å². The summed E-state index contributed by atoms with van der Waals surface area (Å²) in [5, 5.41) is 0. The number of aryl methyl sites for hydroxylation is 3. The minimum atomic E-state index is -4.82. The van der Waals surface area contributed by atoms with Crippen molar-refractivity contribution < 1.29 is 44.3 Å². The molecule has 1 atom stereocenters. The number of hydrogen-bond donors (Lipinski definition) is 0. The Bertz CT molecular complexity index is 1480. The summed E-state index contributed by atoms with van der Waals surface area (Å²) in [5.41, 5.74) is -0.707. The highest BCUT2D eigenvalue weighted by molar-refractivity contribution is 7.92. The molecule has 4 nitrogen and oxygen atoms in total. The minimum absolute atomic E-state index is 0. The number of esters is 1. The van der Waals surface area contributed by atoms with Crippen LogP contribution in [0.25, 0.3) is 0 Å². The lowest BCUT2D eigenvalue weighted by Crippen LogP contribution is -2.15. The van der Waals surface area contributed by atoms with Gasteiger partial charge in [0.05, 0.1) is 15.5 Å². The van der Waals surface area contributed by atoms with Crippen LogP contribution in [-0.2, 0) is 46.2 Å². The predicted octanol–water partition coefficient (Wildman–Crippen LogP) is 9.22. The van der Waals surface area contributed by atoms with E-state index in [0.717, 1.165) is 48.8 Å². The van der Waals surface area contributed by atoms with Crippen LogP contribution in [0.3, 0.4) is 0 Å². The van der Waals surface area contributed by atoms with Gasteiger partial charge in [-0.2, -0.15) is 26.3 Å². The molecule has 13 heteroatoms. The number of thiophene rings is 1. The van der Waals surface area contributed by atoms with E-state index in [1.807, 2.05) is 6.07 Å². The third kappa shape index (κ3) is 10.3. The summed E-state index contributed by atoms with van der Waals surface area (Å²) in [4.78, 5) is 12.2. The molecule has 1 aliphatic carbocycles. The number of benzene rings is 2. The van der Waals surface area contributed by atoms with E-state index in [4.69, 9.17) is 16.3 Å². The van der Waals surface area contributed by atoms with Crippen molar-refractivity contribution in [1.29, 1.82) is 0 Å². The van der Waals surface area contributed by atoms with Crippen LogP contribution in [0.1, 0.15) is 61.4 Å². The molecular weight excluding hydrogens is 626 g/mol. The monoisotopic (exact) mass is 656 g/mol. The van der Waals surface area contributed by atoms with E-state index in [9.17, 15) is 39.6 Å². The highest BCUT2D eigenvalue weighted by Crippen LogP contribution is 2.37. The van der Waals surface area contributed by atoms with Gasteiger partial charge in [0, 0.05) is 12.7 Å². The number of carbonyl (C=O) groups excluding carboxylic acids is 1. The zero-order valence-electron chi connectivity index (χ0n) is 22.0. The van der Waals surface area contributed by atoms with Crippen LogP contribution >= 0.6 is 22.9 Å². The third-order valence-corrected chi connectivity index (χ3v) is 9.52. The van der Waals surface area contributed by atoms with Gasteiger partial charge < -0.3 is 4.74 Å². The maximum atomic E-state index is 13.2. The summed E-state index contributed by atoms with van der Waals surface area (Å²) in [6.45, 7) is 2.18. The minimum Gasteiger partial charge on any atom is -0.427 e. The highest BCUT2D eigenvalue weighted by Gasteiger charge is 2.37. The van der Waals surface area contributed by atoms with Gasteiger partial charge in [-0.15, -0.1) is 11.3 Å². The molecule has 0 bridgehead atoms. The van der Waals surface area contributed by atoms with Gasteiger partial charge in [-0.3, -0.25) is 4.79 Å². The fraction of sp³-hybridized carbons (Fsp3) is 0.414. The molecule has 0 radical (unpaired) electrons. The first-order valence-electron chi connectivity index (χ1n) is 12.5. The molecular formula is C29H31ClF6O4S2. The van der Waals surface area contributed by atoms with Gasteiger partial charge in [0.2, 0.25) is 0 Å². The van der Waals surface area contributed by atoms with E-state index < -0.39 is 57.7 Å². The fourth-order valence-corrected chi connectivity index (χ4v) is 6.36. The standard InChI is InChI=1S/C23H22F6O2.C5H5ClO2S2.CH4/c1-14-2-4-15-6-9-19(13-16(15)5-3-14)31-21(30)11-7-17-12-18(22(24,25)26)8-10-20(17)23(27,28)29;1-10(7,8)5-3-2-4(6)9-5;/h6,8-10,12-14H,2-5,7,11H2,1H3;2-3H,1H3;1H4. The van der Waals surface area contributed by atoms with Crippen LogP contribution in [-0.4, -0.2) is 20.6 Å². The number of sulfone groups is 1. The lowest BCUT2D eigenvalue weighted by molar-refractivity contribution is -0.142. The van der Waals surface area contributed by atoms with Gasteiger partial charge in [-0.05, 0) is 97.2 Å². The van der Waals surface area contributed by atoms with Crippen molar-refractivity contribution in [1.82, 2.24) is 0 Å². The van der Waals surface area contributed by atoms with Crippen LogP contribution in [0.2, 0.25) is 4.34 Å². The lowest BCUT2D eigenvalue weighted by atomic mass is 9.99. The molecule has 0 spiro atoms. The number of ether oxygens (including phenoxy) is 1. The molecule has 0 fully saturated rings. The molecule has 0 saturated heterocycles. The van der Waals surface area contributed by atoms with E-state index in [1.165, 1.54) is 11.6 Å². The number of alkyl halides is 6. The molecule has 0 amide bonds. The van der Waals surface area contributed by atoms with E-state index in [2.05, 4.69) is 6.92 Å². The number of carbonyl (C=O) groups is 1. The number of rotatable bonds is 5. The Balaban J connectivity index is 0.000000475. The average molecular weight is 657 g/mol. The molecule has 4 rings (SSSR count). The Labute approximate surface area is 250 Å². The second-order valence-corrected chi connectivity index (χ2v) is 13.7. The second kappa shape index (κ2) is 14.3. The molecule has 1 aromatic heterocycles. The molecule has 0 saturated carbocycles. The molecule has 3 aromatic rings. The van der Waals surface area contributed by atoms with E-state index >= 15 is 0 Å².